The topological polar surface area (TPSA) is 43.4 Å². The molecule has 0 saturated heterocycles. The van der Waals surface area contributed by atoms with Gasteiger partial charge < -0.3 is 4.74 Å². The lowest BCUT2D eigenvalue weighted by molar-refractivity contribution is 0.116. The third-order valence-corrected chi connectivity index (χ3v) is 3.38. The van der Waals surface area contributed by atoms with Gasteiger partial charge in [0.25, 0.3) is 0 Å². The van der Waals surface area contributed by atoms with Crippen molar-refractivity contribution >= 4 is 19.7 Å². The Hall–Kier alpha value is -0.650. The predicted octanol–water partition coefficient (Wildman–Crippen LogP) is 2.69. The Morgan fingerprint density at radius 3 is 2.59 bits per heavy atom. The van der Waals surface area contributed by atoms with Crippen molar-refractivity contribution in [2.75, 3.05) is 12.4 Å². The van der Waals surface area contributed by atoms with Crippen LogP contribution in [0.1, 0.15) is 18.4 Å². The fourth-order valence-electron chi connectivity index (χ4n) is 1.28. The summed E-state index contributed by atoms with van der Waals surface area (Å²) in [6.45, 7) is 0.584. The molecule has 0 atom stereocenters. The van der Waals surface area contributed by atoms with Crippen molar-refractivity contribution in [3.05, 3.63) is 35.6 Å². The second-order valence-corrected chi connectivity index (χ2v) is 6.49. The van der Waals surface area contributed by atoms with E-state index in [0.29, 0.717) is 25.0 Å². The molecule has 0 saturated carbocycles. The number of halogens is 2. The maximum atomic E-state index is 13.1. The first-order valence-electron chi connectivity index (χ1n) is 5.22. The summed E-state index contributed by atoms with van der Waals surface area (Å²) in [6.07, 6.45) is 1.03. The van der Waals surface area contributed by atoms with Gasteiger partial charge in [-0.25, -0.2) is 12.8 Å². The van der Waals surface area contributed by atoms with Gasteiger partial charge in [0, 0.05) is 22.9 Å². The summed E-state index contributed by atoms with van der Waals surface area (Å²) >= 11 is 0. The van der Waals surface area contributed by atoms with Gasteiger partial charge in [-0.3, -0.25) is 0 Å². The van der Waals surface area contributed by atoms with Gasteiger partial charge in [-0.15, -0.1) is 0 Å². The Kier molecular flexibility index (Phi) is 5.88. The molecule has 6 heteroatoms. The third-order valence-electron chi connectivity index (χ3n) is 2.14. The first-order valence-corrected chi connectivity index (χ1v) is 7.70. The summed E-state index contributed by atoms with van der Waals surface area (Å²) in [5.41, 5.74) is 0.498. The van der Waals surface area contributed by atoms with Crippen LogP contribution in [0.3, 0.4) is 0 Å². The van der Waals surface area contributed by atoms with E-state index in [9.17, 15) is 12.8 Å². The molecule has 0 aliphatic rings. The van der Waals surface area contributed by atoms with Crippen molar-refractivity contribution in [3.63, 3.8) is 0 Å². The van der Waals surface area contributed by atoms with Crippen molar-refractivity contribution < 1.29 is 17.5 Å². The van der Waals surface area contributed by atoms with E-state index in [1.165, 1.54) is 6.07 Å². The minimum Gasteiger partial charge on any atom is -0.377 e. The first-order chi connectivity index (χ1) is 7.99. The highest BCUT2D eigenvalue weighted by Crippen LogP contribution is 2.08. The van der Waals surface area contributed by atoms with Crippen LogP contribution in [0.5, 0.6) is 0 Å². The molecule has 0 fully saturated rings. The molecule has 0 unspecified atom stereocenters. The Morgan fingerprint density at radius 2 is 1.94 bits per heavy atom. The van der Waals surface area contributed by atoms with E-state index in [1.807, 2.05) is 0 Å². The zero-order valence-electron chi connectivity index (χ0n) is 9.23. The van der Waals surface area contributed by atoms with Crippen LogP contribution in [-0.4, -0.2) is 20.8 Å². The molecule has 3 nitrogen and oxygen atoms in total. The summed E-state index contributed by atoms with van der Waals surface area (Å²) in [6, 6.07) is 6.38. The zero-order valence-corrected chi connectivity index (χ0v) is 10.8. The van der Waals surface area contributed by atoms with Crippen molar-refractivity contribution in [2.45, 2.75) is 19.4 Å². The first kappa shape index (κ1) is 14.4. The normalized spacial score (nSPS) is 11.6. The molecule has 0 aliphatic heterocycles. The molecular formula is C11H14ClFO3S. The summed E-state index contributed by atoms with van der Waals surface area (Å²) in [4.78, 5) is 0. The van der Waals surface area contributed by atoms with Crippen molar-refractivity contribution in [3.8, 4) is 0 Å². The minimum atomic E-state index is -3.41. The largest absolute Gasteiger partial charge is 0.377 e. The maximum Gasteiger partial charge on any atom is 0.232 e. The van der Waals surface area contributed by atoms with Crippen molar-refractivity contribution in [1.82, 2.24) is 0 Å². The smallest absolute Gasteiger partial charge is 0.232 e. The fraction of sp³-hybridized carbons (Fsp3) is 0.455. The van der Waals surface area contributed by atoms with Crippen LogP contribution >= 0.6 is 10.7 Å². The Morgan fingerprint density at radius 1 is 1.24 bits per heavy atom. The van der Waals surface area contributed by atoms with Crippen LogP contribution in [0, 0.1) is 5.82 Å². The van der Waals surface area contributed by atoms with Gasteiger partial charge in [0.2, 0.25) is 9.05 Å². The lowest BCUT2D eigenvalue weighted by Gasteiger charge is -2.04. The standard InChI is InChI=1S/C11H14ClFO3S/c12-17(14,15)8-4-3-7-16-9-10-5-1-2-6-11(10)13/h1-2,5-6H,3-4,7-9H2. The molecular weight excluding hydrogens is 267 g/mol. The SMILES string of the molecule is O=S(=O)(Cl)CCCCOCc1ccccc1F. The molecule has 1 aromatic rings. The van der Waals surface area contributed by atoms with Gasteiger partial charge in [0.15, 0.2) is 0 Å². The fourth-order valence-corrected chi connectivity index (χ4v) is 2.15. The Balaban J connectivity index is 2.15. The lowest BCUT2D eigenvalue weighted by Crippen LogP contribution is -2.01. The minimum absolute atomic E-state index is 0.0579. The average molecular weight is 281 g/mol. The van der Waals surface area contributed by atoms with Crippen LogP contribution in [0.15, 0.2) is 24.3 Å². The summed E-state index contributed by atoms with van der Waals surface area (Å²) in [5.74, 6) is -0.353. The predicted molar refractivity (Wildman–Crippen MR) is 64.9 cm³/mol. The monoisotopic (exact) mass is 280 g/mol. The number of unbranched alkanes of at least 4 members (excludes halogenated alkanes) is 1. The van der Waals surface area contributed by atoms with E-state index in [2.05, 4.69) is 0 Å². The Labute approximate surface area is 105 Å². The highest BCUT2D eigenvalue weighted by Gasteiger charge is 2.04. The van der Waals surface area contributed by atoms with Crippen LogP contribution in [0.2, 0.25) is 0 Å². The van der Waals surface area contributed by atoms with Gasteiger partial charge in [-0.2, -0.15) is 0 Å². The second-order valence-electron chi connectivity index (χ2n) is 3.59. The van der Waals surface area contributed by atoms with Crippen molar-refractivity contribution in [1.29, 1.82) is 0 Å². The van der Waals surface area contributed by atoms with Crippen molar-refractivity contribution in [2.24, 2.45) is 0 Å². The number of rotatable bonds is 7. The molecule has 17 heavy (non-hydrogen) atoms. The van der Waals surface area contributed by atoms with Crippen LogP contribution < -0.4 is 0 Å². The highest BCUT2D eigenvalue weighted by molar-refractivity contribution is 8.13. The summed E-state index contributed by atoms with van der Waals surface area (Å²) < 4.78 is 39.6. The highest BCUT2D eigenvalue weighted by atomic mass is 35.7. The third kappa shape index (κ3) is 6.61. The van der Waals surface area contributed by atoms with E-state index in [4.69, 9.17) is 15.4 Å². The summed E-state index contributed by atoms with van der Waals surface area (Å²) in [7, 11) is 1.63. The molecule has 0 amide bonds. The van der Waals surface area contributed by atoms with Gasteiger partial charge in [-0.05, 0) is 18.9 Å². The molecule has 0 bridgehead atoms. The van der Waals surface area contributed by atoms with Gasteiger partial charge in [0.05, 0.1) is 12.4 Å². The molecule has 0 aliphatic carbocycles. The van der Waals surface area contributed by atoms with E-state index < -0.39 is 9.05 Å². The molecule has 1 aromatic carbocycles. The average Bonchev–Trinajstić information content (AvgIpc) is 2.24. The second kappa shape index (κ2) is 6.93. The van der Waals surface area contributed by atoms with Crippen LogP contribution in [0.25, 0.3) is 0 Å². The summed E-state index contributed by atoms with van der Waals surface area (Å²) in [5, 5.41) is 0. The van der Waals surface area contributed by atoms with Gasteiger partial charge in [0.1, 0.15) is 5.82 Å². The van der Waals surface area contributed by atoms with E-state index in [1.54, 1.807) is 18.2 Å². The molecule has 96 valence electrons. The Bertz CT molecular complexity index is 448. The van der Waals surface area contributed by atoms with Crippen LogP contribution in [0.4, 0.5) is 4.39 Å². The molecule has 0 heterocycles. The molecule has 1 rings (SSSR count). The molecule has 0 spiro atoms. The van der Waals surface area contributed by atoms with Crippen LogP contribution in [-0.2, 0) is 20.4 Å². The number of benzene rings is 1. The lowest BCUT2D eigenvalue weighted by atomic mass is 10.2. The van der Waals surface area contributed by atoms with Gasteiger partial charge >= 0.3 is 0 Å². The van der Waals surface area contributed by atoms with E-state index >= 15 is 0 Å². The maximum absolute atomic E-state index is 13.1. The molecule has 0 aromatic heterocycles. The van der Waals surface area contributed by atoms with Gasteiger partial charge in [-0.1, -0.05) is 18.2 Å². The van der Waals surface area contributed by atoms with E-state index in [0.717, 1.165) is 0 Å². The quantitative estimate of drug-likeness (QED) is 0.570. The molecule has 0 N–H and O–H groups in total. The van der Waals surface area contributed by atoms with E-state index in [-0.39, 0.29) is 18.2 Å². The zero-order chi connectivity index (χ0) is 12.7. The number of hydrogen-bond donors (Lipinski definition) is 0. The number of hydrogen-bond acceptors (Lipinski definition) is 3. The number of ether oxygens (including phenoxy) is 1. The molecule has 0 radical (unpaired) electrons.